The van der Waals surface area contributed by atoms with Gasteiger partial charge in [0.2, 0.25) is 0 Å². The number of benzene rings is 1. The highest BCUT2D eigenvalue weighted by Crippen LogP contribution is 2.25. The second-order valence-corrected chi connectivity index (χ2v) is 4.89. The van der Waals surface area contributed by atoms with Crippen LogP contribution < -0.4 is 10.1 Å². The number of nitrogens with one attached hydrogen (secondary N) is 1. The third kappa shape index (κ3) is 2.49. The van der Waals surface area contributed by atoms with E-state index in [2.05, 4.69) is 27.0 Å². The van der Waals surface area contributed by atoms with Crippen LogP contribution in [0.2, 0.25) is 0 Å². The van der Waals surface area contributed by atoms with E-state index in [0.717, 1.165) is 18.0 Å². The summed E-state index contributed by atoms with van der Waals surface area (Å²) in [5.41, 5.74) is 2.37. The Labute approximate surface area is 113 Å². The van der Waals surface area contributed by atoms with Crippen molar-refractivity contribution in [2.75, 3.05) is 13.7 Å². The third-order valence-electron chi connectivity index (χ3n) is 3.69. The zero-order valence-electron chi connectivity index (χ0n) is 11.2. The van der Waals surface area contributed by atoms with E-state index in [-0.39, 0.29) is 0 Å². The summed E-state index contributed by atoms with van der Waals surface area (Å²) in [7, 11) is 1.68. The zero-order chi connectivity index (χ0) is 13.1. The molecule has 1 aliphatic heterocycles. The molecule has 1 atom stereocenters. The maximum Gasteiger partial charge on any atom is 0.119 e. The topological polar surface area (TPSA) is 39.1 Å². The monoisotopic (exact) mass is 257 g/mol. The van der Waals surface area contributed by atoms with E-state index in [1.54, 1.807) is 7.11 Å². The molecule has 100 valence electrons. The van der Waals surface area contributed by atoms with Crippen LogP contribution in [0.4, 0.5) is 0 Å². The van der Waals surface area contributed by atoms with Gasteiger partial charge in [-0.3, -0.25) is 0 Å². The van der Waals surface area contributed by atoms with Crippen molar-refractivity contribution in [3.63, 3.8) is 0 Å². The lowest BCUT2D eigenvalue weighted by Gasteiger charge is -2.24. The molecule has 0 spiro atoms. The summed E-state index contributed by atoms with van der Waals surface area (Å²) in [4.78, 5) is 4.31. The quantitative estimate of drug-likeness (QED) is 0.919. The van der Waals surface area contributed by atoms with Gasteiger partial charge in [0, 0.05) is 11.7 Å². The summed E-state index contributed by atoms with van der Waals surface area (Å²) < 4.78 is 7.35. The standard InChI is InChI=1S/C15H19N3O/c1-19-13-7-5-12(6-8-13)18-11-16-10-15(18)14-4-2-3-9-17-14/h5-8,10-11,14,17H,2-4,9H2,1H3. The maximum atomic E-state index is 5.20. The van der Waals surface area contributed by atoms with Gasteiger partial charge in [-0.1, -0.05) is 6.42 Å². The fourth-order valence-electron chi connectivity index (χ4n) is 2.63. The van der Waals surface area contributed by atoms with Gasteiger partial charge in [0.25, 0.3) is 0 Å². The summed E-state index contributed by atoms with van der Waals surface area (Å²) in [5, 5.41) is 3.57. The van der Waals surface area contributed by atoms with Gasteiger partial charge in [0.1, 0.15) is 5.75 Å². The molecule has 19 heavy (non-hydrogen) atoms. The summed E-state index contributed by atoms with van der Waals surface area (Å²) in [6.45, 7) is 1.10. The van der Waals surface area contributed by atoms with E-state index >= 15 is 0 Å². The highest BCUT2D eigenvalue weighted by atomic mass is 16.5. The molecule has 4 heteroatoms. The van der Waals surface area contributed by atoms with Crippen LogP contribution in [-0.4, -0.2) is 23.2 Å². The van der Waals surface area contributed by atoms with E-state index in [0.29, 0.717) is 6.04 Å². The van der Waals surface area contributed by atoms with Gasteiger partial charge in [-0.15, -0.1) is 0 Å². The Bertz CT molecular complexity index is 527. The number of ether oxygens (including phenoxy) is 1. The van der Waals surface area contributed by atoms with Gasteiger partial charge in [-0.05, 0) is 43.7 Å². The maximum absolute atomic E-state index is 5.20. The van der Waals surface area contributed by atoms with Crippen molar-refractivity contribution >= 4 is 0 Å². The number of aromatic nitrogens is 2. The van der Waals surface area contributed by atoms with Crippen molar-refractivity contribution in [2.45, 2.75) is 25.3 Å². The fraction of sp³-hybridized carbons (Fsp3) is 0.400. The van der Waals surface area contributed by atoms with Crippen molar-refractivity contribution in [1.82, 2.24) is 14.9 Å². The lowest BCUT2D eigenvalue weighted by molar-refractivity contribution is 0.401. The Morgan fingerprint density at radius 1 is 1.26 bits per heavy atom. The van der Waals surface area contributed by atoms with Gasteiger partial charge in [0.05, 0.1) is 25.3 Å². The molecule has 4 nitrogen and oxygen atoms in total. The smallest absolute Gasteiger partial charge is 0.119 e. The number of hydrogen-bond acceptors (Lipinski definition) is 3. The number of imidazole rings is 1. The predicted molar refractivity (Wildman–Crippen MR) is 74.7 cm³/mol. The molecule has 1 unspecified atom stereocenters. The van der Waals surface area contributed by atoms with E-state index in [4.69, 9.17) is 4.74 Å². The fourth-order valence-corrected chi connectivity index (χ4v) is 2.63. The second kappa shape index (κ2) is 5.45. The van der Waals surface area contributed by atoms with Crippen LogP contribution in [0.15, 0.2) is 36.8 Å². The first-order chi connectivity index (χ1) is 9.38. The molecular formula is C15H19N3O. The molecule has 1 aromatic carbocycles. The molecule has 1 aliphatic rings. The highest BCUT2D eigenvalue weighted by molar-refractivity contribution is 5.39. The van der Waals surface area contributed by atoms with Gasteiger partial charge in [-0.25, -0.2) is 4.98 Å². The lowest BCUT2D eigenvalue weighted by atomic mass is 10.0. The Morgan fingerprint density at radius 2 is 2.11 bits per heavy atom. The SMILES string of the molecule is COc1ccc(-n2cncc2C2CCCCN2)cc1. The number of rotatable bonds is 3. The van der Waals surface area contributed by atoms with Gasteiger partial charge >= 0.3 is 0 Å². The van der Waals surface area contributed by atoms with Gasteiger partial charge < -0.3 is 14.6 Å². The van der Waals surface area contributed by atoms with E-state index in [1.165, 1.54) is 25.0 Å². The lowest BCUT2D eigenvalue weighted by Crippen LogP contribution is -2.28. The van der Waals surface area contributed by atoms with Crippen LogP contribution in [0.5, 0.6) is 5.75 Å². The Hall–Kier alpha value is -1.81. The molecule has 1 saturated heterocycles. The first kappa shape index (κ1) is 12.2. The molecule has 0 amide bonds. The summed E-state index contributed by atoms with van der Waals surface area (Å²) >= 11 is 0. The van der Waals surface area contributed by atoms with Crippen LogP contribution in [0.1, 0.15) is 31.0 Å². The normalized spacial score (nSPS) is 19.3. The van der Waals surface area contributed by atoms with Gasteiger partial charge in [0.15, 0.2) is 0 Å². The van der Waals surface area contributed by atoms with Crippen molar-refractivity contribution in [1.29, 1.82) is 0 Å². The highest BCUT2D eigenvalue weighted by Gasteiger charge is 2.18. The Morgan fingerprint density at radius 3 is 2.79 bits per heavy atom. The minimum atomic E-state index is 0.415. The van der Waals surface area contributed by atoms with Crippen LogP contribution in [0.3, 0.4) is 0 Å². The van der Waals surface area contributed by atoms with Crippen molar-refractivity contribution in [3.05, 3.63) is 42.5 Å². The molecular weight excluding hydrogens is 238 g/mol. The van der Waals surface area contributed by atoms with Crippen LogP contribution in [0.25, 0.3) is 5.69 Å². The average molecular weight is 257 g/mol. The molecule has 1 fully saturated rings. The number of nitrogens with zero attached hydrogens (tertiary/aromatic N) is 2. The van der Waals surface area contributed by atoms with Crippen molar-refractivity contribution in [2.24, 2.45) is 0 Å². The van der Waals surface area contributed by atoms with Crippen molar-refractivity contribution in [3.8, 4) is 11.4 Å². The Balaban J connectivity index is 1.89. The molecule has 0 saturated carbocycles. The minimum Gasteiger partial charge on any atom is -0.497 e. The summed E-state index contributed by atoms with van der Waals surface area (Å²) in [6, 6.07) is 8.50. The molecule has 2 heterocycles. The minimum absolute atomic E-state index is 0.415. The molecule has 1 N–H and O–H groups in total. The van der Waals surface area contributed by atoms with E-state index in [1.807, 2.05) is 24.7 Å². The number of piperidine rings is 1. The molecule has 0 bridgehead atoms. The Kier molecular flexibility index (Phi) is 3.51. The second-order valence-electron chi connectivity index (χ2n) is 4.89. The molecule has 3 rings (SSSR count). The average Bonchev–Trinajstić information content (AvgIpc) is 2.98. The van der Waals surface area contributed by atoms with Crippen LogP contribution in [-0.2, 0) is 0 Å². The predicted octanol–water partition coefficient (Wildman–Crippen LogP) is 2.70. The molecule has 0 radical (unpaired) electrons. The van der Waals surface area contributed by atoms with E-state index in [9.17, 15) is 0 Å². The van der Waals surface area contributed by atoms with Crippen LogP contribution >= 0.6 is 0 Å². The van der Waals surface area contributed by atoms with Crippen molar-refractivity contribution < 1.29 is 4.74 Å². The van der Waals surface area contributed by atoms with Crippen LogP contribution in [0, 0.1) is 0 Å². The summed E-state index contributed by atoms with van der Waals surface area (Å²) in [5.74, 6) is 0.876. The zero-order valence-corrected chi connectivity index (χ0v) is 11.2. The first-order valence-electron chi connectivity index (χ1n) is 6.78. The van der Waals surface area contributed by atoms with Gasteiger partial charge in [-0.2, -0.15) is 0 Å². The molecule has 1 aromatic heterocycles. The first-order valence-corrected chi connectivity index (χ1v) is 6.78. The molecule has 2 aromatic rings. The largest absolute Gasteiger partial charge is 0.497 e. The van der Waals surface area contributed by atoms with E-state index < -0.39 is 0 Å². The summed E-state index contributed by atoms with van der Waals surface area (Å²) in [6.07, 6.45) is 7.58. The number of hydrogen-bond donors (Lipinski definition) is 1. The third-order valence-corrected chi connectivity index (χ3v) is 3.69. The number of methoxy groups -OCH3 is 1. The molecule has 0 aliphatic carbocycles.